The van der Waals surface area contributed by atoms with Crippen LogP contribution >= 0.6 is 0 Å². The number of anilines is 2. The lowest BCUT2D eigenvalue weighted by molar-refractivity contribution is -0.132. The Kier molecular flexibility index (Phi) is 7.09. The predicted molar refractivity (Wildman–Crippen MR) is 136 cm³/mol. The number of pyridine rings is 2. The summed E-state index contributed by atoms with van der Waals surface area (Å²) in [6.07, 6.45) is 5.28. The Balaban J connectivity index is 1.14. The van der Waals surface area contributed by atoms with Crippen molar-refractivity contribution in [1.82, 2.24) is 25.1 Å². The van der Waals surface area contributed by atoms with Gasteiger partial charge in [-0.05, 0) is 30.7 Å². The van der Waals surface area contributed by atoms with Gasteiger partial charge in [0.05, 0.1) is 48.8 Å². The van der Waals surface area contributed by atoms with Gasteiger partial charge in [-0.1, -0.05) is 6.07 Å². The zero-order valence-electron chi connectivity index (χ0n) is 20.6. The van der Waals surface area contributed by atoms with E-state index in [1.54, 1.807) is 31.6 Å². The summed E-state index contributed by atoms with van der Waals surface area (Å²) in [5.74, 6) is 0.874. The fraction of sp³-hybridized carbons (Fsp3) is 0.385. The van der Waals surface area contributed by atoms with Crippen molar-refractivity contribution in [2.45, 2.75) is 25.9 Å². The number of fused-ring (bicyclic) bond motifs is 1. The highest BCUT2D eigenvalue weighted by Crippen LogP contribution is 2.36. The van der Waals surface area contributed by atoms with E-state index in [-0.39, 0.29) is 17.5 Å². The molecule has 0 saturated carbocycles. The van der Waals surface area contributed by atoms with Gasteiger partial charge in [-0.3, -0.25) is 14.6 Å². The molecule has 1 amide bonds. The monoisotopic (exact) mass is 500 g/mol. The molecule has 1 N–H and O–H groups in total. The van der Waals surface area contributed by atoms with Crippen molar-refractivity contribution >= 4 is 17.4 Å². The summed E-state index contributed by atoms with van der Waals surface area (Å²) < 4.78 is 5.99. The maximum absolute atomic E-state index is 12.8. The molecule has 1 atom stereocenters. The number of aromatic nitrogens is 4. The number of rotatable bonds is 7. The van der Waals surface area contributed by atoms with E-state index in [1.165, 1.54) is 0 Å². The Bertz CT molecular complexity index is 1360. The number of hydrogen-bond acceptors (Lipinski definition) is 9. The summed E-state index contributed by atoms with van der Waals surface area (Å²) in [4.78, 5) is 39.9. The van der Waals surface area contributed by atoms with Crippen molar-refractivity contribution in [2.75, 3.05) is 49.2 Å². The fourth-order valence-electron chi connectivity index (χ4n) is 4.82. The minimum atomic E-state index is -0.221. The number of nitrogens with zero attached hydrogens (tertiary/aromatic N) is 7. The van der Waals surface area contributed by atoms with Gasteiger partial charge < -0.3 is 19.4 Å². The summed E-state index contributed by atoms with van der Waals surface area (Å²) >= 11 is 0. The van der Waals surface area contributed by atoms with Crippen LogP contribution in [0, 0.1) is 18.3 Å². The number of ether oxygens (including phenoxy) is 1. The maximum Gasteiger partial charge on any atom is 0.269 e. The van der Waals surface area contributed by atoms with Gasteiger partial charge in [0.1, 0.15) is 11.9 Å². The molecule has 11 nitrogen and oxygen atoms in total. The minimum Gasteiger partial charge on any atom is -0.378 e. The molecule has 5 rings (SSSR count). The van der Waals surface area contributed by atoms with E-state index in [0.29, 0.717) is 63.5 Å². The van der Waals surface area contributed by atoms with Crippen LogP contribution in [0.5, 0.6) is 0 Å². The number of nitriles is 1. The second-order valence-electron chi connectivity index (χ2n) is 9.11. The van der Waals surface area contributed by atoms with Gasteiger partial charge in [-0.25, -0.2) is 10.1 Å². The quantitative estimate of drug-likeness (QED) is 0.480. The third kappa shape index (κ3) is 5.15. The Morgan fingerprint density at radius 2 is 2.03 bits per heavy atom. The molecule has 3 aromatic rings. The first-order chi connectivity index (χ1) is 18.0. The average molecular weight is 501 g/mol. The van der Waals surface area contributed by atoms with Gasteiger partial charge in [0, 0.05) is 50.7 Å². The van der Waals surface area contributed by atoms with Gasteiger partial charge in [0.2, 0.25) is 5.91 Å². The molecule has 0 aromatic carbocycles. The molecule has 0 aliphatic carbocycles. The first-order valence-corrected chi connectivity index (χ1v) is 12.3. The first-order valence-electron chi connectivity index (χ1n) is 12.3. The second kappa shape index (κ2) is 10.8. The molecule has 3 aromatic heterocycles. The van der Waals surface area contributed by atoms with E-state index >= 15 is 0 Å². The van der Waals surface area contributed by atoms with Crippen molar-refractivity contribution < 1.29 is 9.53 Å². The van der Waals surface area contributed by atoms with E-state index < -0.39 is 0 Å². The molecular weight excluding hydrogens is 472 g/mol. The summed E-state index contributed by atoms with van der Waals surface area (Å²) in [6, 6.07) is 9.43. The normalized spacial score (nSPS) is 17.0. The molecule has 5 heterocycles. The average Bonchev–Trinajstić information content (AvgIpc) is 3.31. The van der Waals surface area contributed by atoms with Gasteiger partial charge in [0.15, 0.2) is 0 Å². The summed E-state index contributed by atoms with van der Waals surface area (Å²) in [5, 5.41) is 15.4. The highest BCUT2D eigenvalue weighted by Gasteiger charge is 2.33. The smallest absolute Gasteiger partial charge is 0.269 e. The number of nitrogens with one attached hydrogen (secondary N) is 1. The SMILES string of the molecule is Cc1c(N2Cc3cccnc3[C@H]2COCCC(=O)N2CCN(c3ccc(C#N)cn3)CC2)cn[nH]c1=O. The van der Waals surface area contributed by atoms with E-state index in [1.807, 2.05) is 23.1 Å². The van der Waals surface area contributed by atoms with Crippen LogP contribution in [0.1, 0.15) is 34.8 Å². The van der Waals surface area contributed by atoms with Crippen molar-refractivity contribution in [3.8, 4) is 6.07 Å². The van der Waals surface area contributed by atoms with Crippen LogP contribution in [0.15, 0.2) is 47.7 Å². The second-order valence-corrected chi connectivity index (χ2v) is 9.11. The Labute approximate surface area is 214 Å². The van der Waals surface area contributed by atoms with E-state index in [0.717, 1.165) is 22.8 Å². The molecule has 1 saturated heterocycles. The lowest BCUT2D eigenvalue weighted by Gasteiger charge is -2.35. The molecule has 2 aliphatic rings. The molecule has 37 heavy (non-hydrogen) atoms. The molecule has 0 bridgehead atoms. The number of piperazine rings is 1. The van der Waals surface area contributed by atoms with Crippen LogP contribution in [0.4, 0.5) is 11.5 Å². The number of amides is 1. The molecule has 0 spiro atoms. The van der Waals surface area contributed by atoms with Gasteiger partial charge >= 0.3 is 0 Å². The third-order valence-corrected chi connectivity index (χ3v) is 6.92. The lowest BCUT2D eigenvalue weighted by Crippen LogP contribution is -2.49. The number of carbonyl (C=O) groups is 1. The van der Waals surface area contributed by atoms with Crippen LogP contribution in [0.25, 0.3) is 0 Å². The zero-order chi connectivity index (χ0) is 25.8. The largest absolute Gasteiger partial charge is 0.378 e. The molecule has 1 fully saturated rings. The molecule has 0 unspecified atom stereocenters. The van der Waals surface area contributed by atoms with Gasteiger partial charge in [-0.2, -0.15) is 10.4 Å². The van der Waals surface area contributed by atoms with Crippen LogP contribution < -0.4 is 15.4 Å². The summed E-state index contributed by atoms with van der Waals surface area (Å²) in [5.41, 5.74) is 3.66. The maximum atomic E-state index is 12.8. The van der Waals surface area contributed by atoms with E-state index in [9.17, 15) is 9.59 Å². The Morgan fingerprint density at radius 1 is 1.19 bits per heavy atom. The van der Waals surface area contributed by atoms with Crippen molar-refractivity contribution in [2.24, 2.45) is 0 Å². The fourth-order valence-corrected chi connectivity index (χ4v) is 4.82. The summed E-state index contributed by atoms with van der Waals surface area (Å²) in [6.45, 7) is 5.65. The van der Waals surface area contributed by atoms with Crippen molar-refractivity contribution in [1.29, 1.82) is 5.26 Å². The topological polar surface area (TPSA) is 131 Å². The number of carbonyl (C=O) groups excluding carboxylic acids is 1. The van der Waals surface area contributed by atoms with Crippen LogP contribution in [0.3, 0.4) is 0 Å². The minimum absolute atomic E-state index is 0.0591. The van der Waals surface area contributed by atoms with Crippen LogP contribution in [-0.4, -0.2) is 70.4 Å². The van der Waals surface area contributed by atoms with Crippen LogP contribution in [0.2, 0.25) is 0 Å². The van der Waals surface area contributed by atoms with Crippen molar-refractivity contribution in [3.63, 3.8) is 0 Å². The molecule has 0 radical (unpaired) electrons. The van der Waals surface area contributed by atoms with Crippen molar-refractivity contribution in [3.05, 3.63) is 75.6 Å². The zero-order valence-corrected chi connectivity index (χ0v) is 20.6. The van der Waals surface area contributed by atoms with E-state index in [2.05, 4.69) is 36.0 Å². The first kappa shape index (κ1) is 24.4. The number of hydrogen-bond donors (Lipinski definition) is 1. The predicted octanol–water partition coefficient (Wildman–Crippen LogP) is 1.56. The molecule has 11 heteroatoms. The lowest BCUT2D eigenvalue weighted by atomic mass is 10.1. The van der Waals surface area contributed by atoms with Gasteiger partial charge in [-0.15, -0.1) is 0 Å². The van der Waals surface area contributed by atoms with Gasteiger partial charge in [0.25, 0.3) is 5.56 Å². The van der Waals surface area contributed by atoms with Crippen LogP contribution in [-0.2, 0) is 16.1 Å². The third-order valence-electron chi connectivity index (χ3n) is 6.92. The number of aromatic amines is 1. The molecular formula is C26H28N8O3. The Hall–Kier alpha value is -4.30. The number of H-pyrrole nitrogens is 1. The molecule has 190 valence electrons. The highest BCUT2D eigenvalue weighted by molar-refractivity contribution is 5.76. The van der Waals surface area contributed by atoms with E-state index in [4.69, 9.17) is 10.00 Å². The standard InChI is InChI=1S/C26H28N8O3/c1-18-21(15-30-31-26(18)36)34-16-20-3-2-7-28-25(20)22(34)17-37-12-6-24(35)33-10-8-32(9-11-33)23-5-4-19(13-27)14-29-23/h2-5,7,14-15,22H,6,8-12,16-17H2,1H3,(H,31,36)/t22-/m1/s1. The molecule has 2 aliphatic heterocycles. The Morgan fingerprint density at radius 3 is 2.78 bits per heavy atom. The summed E-state index contributed by atoms with van der Waals surface area (Å²) in [7, 11) is 0. The highest BCUT2D eigenvalue weighted by atomic mass is 16.5.